The molecule has 0 saturated heterocycles. The number of carbonyl (C=O) groups is 2. The van der Waals surface area contributed by atoms with Crippen molar-refractivity contribution in [1.82, 2.24) is 5.32 Å². The van der Waals surface area contributed by atoms with Crippen molar-refractivity contribution in [1.29, 1.82) is 0 Å². The first-order valence-corrected chi connectivity index (χ1v) is 9.45. The summed E-state index contributed by atoms with van der Waals surface area (Å²) in [5.41, 5.74) is 1.48. The normalized spacial score (nSPS) is 11.6. The maximum absolute atomic E-state index is 12.0. The van der Waals surface area contributed by atoms with Gasteiger partial charge in [0, 0.05) is 22.7 Å². The van der Waals surface area contributed by atoms with E-state index in [-0.39, 0.29) is 6.04 Å². The predicted octanol–water partition coefficient (Wildman–Crippen LogP) is 3.80. The molecule has 1 unspecified atom stereocenters. The van der Waals surface area contributed by atoms with Crippen molar-refractivity contribution in [3.05, 3.63) is 58.6 Å². The van der Waals surface area contributed by atoms with Crippen molar-refractivity contribution in [2.45, 2.75) is 13.0 Å². The molecule has 0 saturated carbocycles. The number of ether oxygens (including phenoxy) is 4. The molecule has 1 amide bonds. The Hall–Kier alpha value is -3.19. The lowest BCUT2D eigenvalue weighted by molar-refractivity contribution is -0.144. The van der Waals surface area contributed by atoms with E-state index in [1.165, 1.54) is 33.5 Å². The first kappa shape index (κ1) is 23.1. The molecule has 2 rings (SSSR count). The van der Waals surface area contributed by atoms with Gasteiger partial charge in [-0.25, -0.2) is 4.79 Å². The van der Waals surface area contributed by atoms with Crippen LogP contribution in [0, 0.1) is 0 Å². The molecule has 0 aliphatic rings. The maximum atomic E-state index is 12.0. The van der Waals surface area contributed by atoms with Gasteiger partial charge in [-0.2, -0.15) is 0 Å². The highest BCUT2D eigenvalue weighted by Crippen LogP contribution is 2.35. The summed E-state index contributed by atoms with van der Waals surface area (Å²) in [6.45, 7) is 1.43. The number of methoxy groups -OCH3 is 3. The van der Waals surface area contributed by atoms with Gasteiger partial charge in [0.25, 0.3) is 5.91 Å². The van der Waals surface area contributed by atoms with Gasteiger partial charge < -0.3 is 24.3 Å². The molecule has 0 aromatic heterocycles. The van der Waals surface area contributed by atoms with Crippen LogP contribution in [0.3, 0.4) is 0 Å². The van der Waals surface area contributed by atoms with Gasteiger partial charge in [0.05, 0.1) is 27.4 Å². The molecule has 0 spiro atoms. The van der Waals surface area contributed by atoms with E-state index in [9.17, 15) is 9.59 Å². The Bertz CT molecular complexity index is 911. The lowest BCUT2D eigenvalue weighted by Gasteiger charge is -2.14. The van der Waals surface area contributed by atoms with Crippen molar-refractivity contribution < 1.29 is 28.5 Å². The van der Waals surface area contributed by atoms with Crippen LogP contribution in [-0.2, 0) is 14.3 Å². The molecule has 0 radical (unpaired) electrons. The second-order valence-electron chi connectivity index (χ2n) is 6.23. The van der Waals surface area contributed by atoms with Crippen molar-refractivity contribution in [3.8, 4) is 17.2 Å². The van der Waals surface area contributed by atoms with Gasteiger partial charge in [0.1, 0.15) is 5.75 Å². The van der Waals surface area contributed by atoms with Crippen LogP contribution in [0.4, 0.5) is 0 Å². The monoisotopic (exact) mass is 433 g/mol. The van der Waals surface area contributed by atoms with E-state index in [0.29, 0.717) is 27.8 Å². The van der Waals surface area contributed by atoms with E-state index >= 15 is 0 Å². The van der Waals surface area contributed by atoms with Gasteiger partial charge in [-0.15, -0.1) is 0 Å². The topological polar surface area (TPSA) is 83.1 Å². The Morgan fingerprint density at radius 1 is 1.00 bits per heavy atom. The number of esters is 1. The average Bonchev–Trinajstić information content (AvgIpc) is 2.75. The Morgan fingerprint density at radius 2 is 1.60 bits per heavy atom. The molecular formula is C22H24ClNO6. The maximum Gasteiger partial charge on any atom is 0.331 e. The summed E-state index contributed by atoms with van der Waals surface area (Å²) in [6, 6.07) is 10.2. The van der Waals surface area contributed by atoms with Crippen LogP contribution in [0.15, 0.2) is 42.5 Å². The molecule has 1 atom stereocenters. The first-order chi connectivity index (χ1) is 14.4. The number of hydrogen-bond donors (Lipinski definition) is 1. The van der Waals surface area contributed by atoms with Gasteiger partial charge >= 0.3 is 5.97 Å². The third-order valence-electron chi connectivity index (χ3n) is 4.23. The zero-order valence-corrected chi connectivity index (χ0v) is 18.0. The minimum Gasteiger partial charge on any atom is -0.496 e. The molecule has 0 aliphatic carbocycles. The number of carbonyl (C=O) groups excluding carboxylic acids is 2. The van der Waals surface area contributed by atoms with Crippen LogP contribution < -0.4 is 19.5 Å². The summed E-state index contributed by atoms with van der Waals surface area (Å²) in [4.78, 5) is 24.0. The van der Waals surface area contributed by atoms with Crippen LogP contribution in [-0.4, -0.2) is 39.8 Å². The van der Waals surface area contributed by atoms with Gasteiger partial charge in [-0.3, -0.25) is 4.79 Å². The smallest absolute Gasteiger partial charge is 0.331 e. The van der Waals surface area contributed by atoms with Crippen LogP contribution in [0.25, 0.3) is 6.08 Å². The Labute approximate surface area is 180 Å². The van der Waals surface area contributed by atoms with Crippen molar-refractivity contribution >= 4 is 29.6 Å². The molecule has 0 heterocycles. The van der Waals surface area contributed by atoms with Crippen LogP contribution in [0.1, 0.15) is 24.1 Å². The Balaban J connectivity index is 1.93. The molecule has 0 fully saturated rings. The summed E-state index contributed by atoms with van der Waals surface area (Å²) in [6.07, 6.45) is 2.72. The molecule has 0 aliphatic heterocycles. The Morgan fingerprint density at radius 3 is 2.20 bits per heavy atom. The molecule has 160 valence electrons. The average molecular weight is 434 g/mol. The zero-order valence-electron chi connectivity index (χ0n) is 17.2. The predicted molar refractivity (Wildman–Crippen MR) is 114 cm³/mol. The number of halogens is 1. The fourth-order valence-electron chi connectivity index (χ4n) is 2.64. The summed E-state index contributed by atoms with van der Waals surface area (Å²) in [5.74, 6) is 0.401. The van der Waals surface area contributed by atoms with Crippen molar-refractivity contribution in [2.75, 3.05) is 27.9 Å². The van der Waals surface area contributed by atoms with E-state index in [2.05, 4.69) is 5.32 Å². The molecule has 8 heteroatoms. The Kier molecular flexibility index (Phi) is 8.55. The third-order valence-corrected chi connectivity index (χ3v) is 4.48. The lowest BCUT2D eigenvalue weighted by atomic mass is 10.1. The van der Waals surface area contributed by atoms with E-state index in [4.69, 9.17) is 30.5 Å². The quantitative estimate of drug-likeness (QED) is 0.478. The van der Waals surface area contributed by atoms with Crippen molar-refractivity contribution in [2.24, 2.45) is 0 Å². The SMILES string of the molecule is COc1cc(OC)c(OC)cc1/C=C/C(=O)OCC(=O)NC(C)c1ccc(Cl)cc1. The minimum atomic E-state index is -0.666. The summed E-state index contributed by atoms with van der Waals surface area (Å²) < 4.78 is 20.8. The van der Waals surface area contributed by atoms with E-state index < -0.39 is 18.5 Å². The zero-order chi connectivity index (χ0) is 22.1. The van der Waals surface area contributed by atoms with Crippen molar-refractivity contribution in [3.63, 3.8) is 0 Å². The van der Waals surface area contributed by atoms with Crippen LogP contribution in [0.5, 0.6) is 17.2 Å². The highest BCUT2D eigenvalue weighted by Gasteiger charge is 2.12. The van der Waals surface area contributed by atoms with Gasteiger partial charge in [0.2, 0.25) is 0 Å². The number of benzene rings is 2. The summed E-state index contributed by atoms with van der Waals surface area (Å²) >= 11 is 5.86. The van der Waals surface area contributed by atoms with E-state index in [1.807, 2.05) is 19.1 Å². The second kappa shape index (κ2) is 11.1. The minimum absolute atomic E-state index is 0.250. The summed E-state index contributed by atoms with van der Waals surface area (Å²) in [7, 11) is 4.53. The molecule has 2 aromatic carbocycles. The third kappa shape index (κ3) is 6.42. The largest absolute Gasteiger partial charge is 0.496 e. The highest BCUT2D eigenvalue weighted by atomic mass is 35.5. The van der Waals surface area contributed by atoms with E-state index in [1.54, 1.807) is 24.3 Å². The molecule has 30 heavy (non-hydrogen) atoms. The fraction of sp³-hybridized carbons (Fsp3) is 0.273. The van der Waals surface area contributed by atoms with Gasteiger partial charge in [-0.05, 0) is 36.8 Å². The molecular weight excluding hydrogens is 410 g/mol. The van der Waals surface area contributed by atoms with Gasteiger partial charge in [-0.1, -0.05) is 23.7 Å². The number of rotatable bonds is 9. The lowest BCUT2D eigenvalue weighted by Crippen LogP contribution is -2.30. The molecule has 7 nitrogen and oxygen atoms in total. The summed E-state index contributed by atoms with van der Waals surface area (Å²) in [5, 5.41) is 3.37. The second-order valence-corrected chi connectivity index (χ2v) is 6.67. The van der Waals surface area contributed by atoms with Crippen LogP contribution in [0.2, 0.25) is 5.02 Å². The first-order valence-electron chi connectivity index (χ1n) is 9.07. The highest BCUT2D eigenvalue weighted by molar-refractivity contribution is 6.30. The van der Waals surface area contributed by atoms with E-state index in [0.717, 1.165) is 5.56 Å². The standard InChI is InChI=1S/C22H24ClNO6/c1-14(15-5-8-17(23)9-6-15)24-21(25)13-30-22(26)10-7-16-11-19(28-3)20(29-4)12-18(16)27-2/h5-12,14H,13H2,1-4H3,(H,24,25)/b10-7+. The number of nitrogens with one attached hydrogen (secondary N) is 1. The van der Waals surface area contributed by atoms with Gasteiger partial charge in [0.15, 0.2) is 18.1 Å². The van der Waals surface area contributed by atoms with Crippen LogP contribution >= 0.6 is 11.6 Å². The number of hydrogen-bond acceptors (Lipinski definition) is 6. The molecule has 1 N–H and O–H groups in total. The number of amides is 1. The molecule has 2 aromatic rings. The molecule has 0 bridgehead atoms. The fourth-order valence-corrected chi connectivity index (χ4v) is 2.77.